The summed E-state index contributed by atoms with van der Waals surface area (Å²) in [4.78, 5) is 57.7. The van der Waals surface area contributed by atoms with E-state index in [-0.39, 0.29) is 18.1 Å². The first-order valence-electron chi connectivity index (χ1n) is 8.87. The maximum Gasteiger partial charge on any atom is 0.235 e. The minimum atomic E-state index is -0.277. The summed E-state index contributed by atoms with van der Waals surface area (Å²) in [5, 5.41) is 10.8. The molecule has 0 atom stereocenters. The molecule has 0 aromatic heterocycles. The number of rotatable bonds is 3. The van der Waals surface area contributed by atoms with Gasteiger partial charge in [-0.3, -0.25) is 0 Å². The molecule has 0 spiro atoms. The van der Waals surface area contributed by atoms with Crippen molar-refractivity contribution < 1.29 is 24.0 Å². The normalized spacial score (nSPS) is 28.2. The van der Waals surface area contributed by atoms with Gasteiger partial charge in [0.2, 0.25) is 30.4 Å². The van der Waals surface area contributed by atoms with Crippen LogP contribution in [0.4, 0.5) is 0 Å². The zero-order chi connectivity index (χ0) is 21.2. The Kier molecular flexibility index (Phi) is 14.3. The quantitative estimate of drug-likeness (QED) is 0.556. The molecule has 0 unspecified atom stereocenters. The number of nitrogens with zero attached hydrogens (tertiary/aromatic N) is 3. The van der Waals surface area contributed by atoms with Gasteiger partial charge >= 0.3 is 0 Å². The molecule has 10 nitrogen and oxygen atoms in total. The first-order chi connectivity index (χ1) is 13.6. The number of carbonyl (C=O) groups excluding carboxylic acids is 5. The van der Waals surface area contributed by atoms with Crippen molar-refractivity contribution in [1.29, 1.82) is 10.8 Å². The Labute approximate surface area is 162 Å². The third-order valence-electron chi connectivity index (χ3n) is 4.97. The van der Waals surface area contributed by atoms with E-state index < -0.39 is 0 Å². The lowest BCUT2D eigenvalue weighted by molar-refractivity contribution is 0.353. The molecule has 0 aliphatic heterocycles. The lowest BCUT2D eigenvalue weighted by Gasteiger charge is -2.26. The zero-order valence-corrected chi connectivity index (χ0v) is 15.4. The smallest absolute Gasteiger partial charge is 0.222 e. The molecule has 2 bridgehead atoms. The van der Waals surface area contributed by atoms with Gasteiger partial charge in [0.05, 0.1) is 18.1 Å². The number of aliphatic imine (C=N–C) groups is 3. The van der Waals surface area contributed by atoms with Crippen molar-refractivity contribution in [2.24, 2.45) is 26.8 Å². The Morgan fingerprint density at radius 3 is 0.929 bits per heavy atom. The van der Waals surface area contributed by atoms with Crippen LogP contribution in [0.1, 0.15) is 51.4 Å². The minimum absolute atomic E-state index is 0.277. The van der Waals surface area contributed by atoms with E-state index in [4.69, 9.17) is 20.4 Å². The van der Waals surface area contributed by atoms with Gasteiger partial charge < -0.3 is 0 Å². The summed E-state index contributed by atoms with van der Waals surface area (Å²) < 4.78 is 0. The van der Waals surface area contributed by atoms with E-state index >= 15 is 0 Å². The van der Waals surface area contributed by atoms with E-state index in [1.165, 1.54) is 30.1 Å². The Hall–Kier alpha value is -3.10. The summed E-state index contributed by atoms with van der Waals surface area (Å²) in [6, 6.07) is -0.832. The number of nitrogens with one attached hydrogen (secondary N) is 2. The molecule has 3 fully saturated rings. The van der Waals surface area contributed by atoms with Crippen LogP contribution in [0.15, 0.2) is 15.0 Å². The van der Waals surface area contributed by atoms with E-state index in [0.717, 1.165) is 12.2 Å². The van der Waals surface area contributed by atoms with Gasteiger partial charge in [0.25, 0.3) is 0 Å². The van der Waals surface area contributed by atoms with Gasteiger partial charge in [-0.2, -0.15) is 0 Å². The number of isocyanates is 5. The van der Waals surface area contributed by atoms with Crippen molar-refractivity contribution in [1.82, 2.24) is 0 Å². The Bertz CT molecular complexity index is 587. The van der Waals surface area contributed by atoms with Crippen LogP contribution in [0, 0.1) is 22.7 Å². The van der Waals surface area contributed by atoms with Gasteiger partial charge in [-0.05, 0) is 37.5 Å². The van der Waals surface area contributed by atoms with Crippen LogP contribution >= 0.6 is 0 Å². The van der Waals surface area contributed by atoms with Crippen LogP contribution in [0.2, 0.25) is 0 Å². The standard InChI is InChI=1S/C9H9N3O3.C7H12.2CHNO/c13-4-10-7-1-8(11-5-14)3-9(2-7)12-6-15;1-2-7-4-3-6(1)5-7;2*2-1-3/h7-9H,1-3H2;6-7H,1-5H2;2*2H. The number of hydrogen-bond acceptors (Lipinski definition) is 10. The van der Waals surface area contributed by atoms with Crippen LogP contribution in [0.25, 0.3) is 0 Å². The van der Waals surface area contributed by atoms with Crippen molar-refractivity contribution in [3.05, 3.63) is 0 Å². The SMILES string of the molecule is C1CC2CCC1C2.N=C=O.N=C=O.O=C=NC1CC(N=C=O)CC(N=C=O)C1. The molecule has 10 heteroatoms. The summed E-state index contributed by atoms with van der Waals surface area (Å²) in [7, 11) is 0. The fourth-order valence-corrected chi connectivity index (χ4v) is 3.94. The second-order valence-corrected chi connectivity index (χ2v) is 6.66. The van der Waals surface area contributed by atoms with Crippen molar-refractivity contribution in [2.75, 3.05) is 0 Å². The number of hydrogen-bond donors (Lipinski definition) is 2. The van der Waals surface area contributed by atoms with E-state index in [0.29, 0.717) is 19.3 Å². The molecule has 0 heterocycles. The van der Waals surface area contributed by atoms with Gasteiger partial charge in [0, 0.05) is 0 Å². The molecular formula is C18H23N5O5. The molecule has 0 radical (unpaired) electrons. The van der Waals surface area contributed by atoms with E-state index in [1.54, 1.807) is 32.1 Å². The lowest BCUT2D eigenvalue weighted by Crippen LogP contribution is -2.30. The van der Waals surface area contributed by atoms with Gasteiger partial charge in [0.15, 0.2) is 0 Å². The van der Waals surface area contributed by atoms with E-state index in [2.05, 4.69) is 15.0 Å². The molecule has 0 aromatic carbocycles. The Morgan fingerprint density at radius 1 is 0.536 bits per heavy atom. The van der Waals surface area contributed by atoms with Crippen molar-refractivity contribution >= 4 is 30.4 Å². The summed E-state index contributed by atoms with van der Waals surface area (Å²) in [6.07, 6.45) is 15.2. The van der Waals surface area contributed by atoms with Gasteiger partial charge in [-0.1, -0.05) is 25.7 Å². The molecule has 3 saturated carbocycles. The Balaban J connectivity index is 0.000000458. The lowest BCUT2D eigenvalue weighted by atomic mass is 9.88. The van der Waals surface area contributed by atoms with Crippen LogP contribution in [0.5, 0.6) is 0 Å². The fourth-order valence-electron chi connectivity index (χ4n) is 3.94. The highest BCUT2D eigenvalue weighted by Crippen LogP contribution is 2.43. The average molecular weight is 389 g/mol. The molecule has 0 amide bonds. The highest BCUT2D eigenvalue weighted by Gasteiger charge is 2.30. The topological polar surface area (TPSA) is 170 Å². The largest absolute Gasteiger partial charge is 0.235 e. The molecule has 0 saturated heterocycles. The minimum Gasteiger partial charge on any atom is -0.222 e. The molecular weight excluding hydrogens is 366 g/mol. The maximum atomic E-state index is 10.1. The van der Waals surface area contributed by atoms with Gasteiger partial charge in [0.1, 0.15) is 0 Å². The molecule has 28 heavy (non-hydrogen) atoms. The van der Waals surface area contributed by atoms with Crippen LogP contribution < -0.4 is 0 Å². The second kappa shape index (κ2) is 16.1. The maximum absolute atomic E-state index is 10.1. The van der Waals surface area contributed by atoms with Crippen molar-refractivity contribution in [3.8, 4) is 0 Å². The van der Waals surface area contributed by atoms with Crippen LogP contribution in [-0.2, 0) is 24.0 Å². The summed E-state index contributed by atoms with van der Waals surface area (Å²) in [5.74, 6) is 2.34. The molecule has 3 rings (SSSR count). The highest BCUT2D eigenvalue weighted by atomic mass is 16.1. The summed E-state index contributed by atoms with van der Waals surface area (Å²) in [6.45, 7) is 0. The highest BCUT2D eigenvalue weighted by molar-refractivity contribution is 5.36. The average Bonchev–Trinajstić information content (AvgIpc) is 3.30. The predicted octanol–water partition coefficient (Wildman–Crippen LogP) is 2.28. The molecule has 3 aliphatic rings. The van der Waals surface area contributed by atoms with Gasteiger partial charge in [-0.25, -0.2) is 49.8 Å². The molecule has 150 valence electrons. The monoisotopic (exact) mass is 389 g/mol. The Morgan fingerprint density at radius 2 is 0.786 bits per heavy atom. The fraction of sp³-hybridized carbons (Fsp3) is 0.722. The third-order valence-corrected chi connectivity index (χ3v) is 4.97. The number of fused-ring (bicyclic) bond motifs is 2. The predicted molar refractivity (Wildman–Crippen MR) is 96.5 cm³/mol. The van der Waals surface area contributed by atoms with Crippen molar-refractivity contribution in [3.63, 3.8) is 0 Å². The molecule has 2 N–H and O–H groups in total. The summed E-state index contributed by atoms with van der Waals surface area (Å²) in [5.41, 5.74) is 0. The first-order valence-corrected chi connectivity index (χ1v) is 8.87. The van der Waals surface area contributed by atoms with Crippen LogP contribution in [0.3, 0.4) is 0 Å². The second-order valence-electron chi connectivity index (χ2n) is 6.66. The van der Waals surface area contributed by atoms with Crippen LogP contribution in [-0.4, -0.2) is 48.5 Å². The van der Waals surface area contributed by atoms with E-state index in [1.807, 2.05) is 0 Å². The molecule has 0 aromatic rings. The first kappa shape index (κ1) is 24.9. The van der Waals surface area contributed by atoms with Gasteiger partial charge in [-0.15, -0.1) is 0 Å². The van der Waals surface area contributed by atoms with E-state index in [9.17, 15) is 14.4 Å². The molecule has 3 aliphatic carbocycles. The third kappa shape index (κ3) is 10.8. The zero-order valence-electron chi connectivity index (χ0n) is 15.4. The summed E-state index contributed by atoms with van der Waals surface area (Å²) >= 11 is 0. The van der Waals surface area contributed by atoms with Crippen molar-refractivity contribution in [2.45, 2.75) is 69.5 Å².